The molecule has 1 saturated heterocycles. The van der Waals surface area contributed by atoms with Crippen LogP contribution in [0.5, 0.6) is 11.5 Å². The van der Waals surface area contributed by atoms with Gasteiger partial charge in [0.05, 0.1) is 20.3 Å². The van der Waals surface area contributed by atoms with Gasteiger partial charge in [-0.15, -0.1) is 0 Å². The second kappa shape index (κ2) is 16.3. The van der Waals surface area contributed by atoms with Gasteiger partial charge in [0.1, 0.15) is 35.5 Å². The summed E-state index contributed by atoms with van der Waals surface area (Å²) in [5, 5.41) is 0.785. The fraction of sp³-hybridized carbons (Fsp3) is 0.342. The van der Waals surface area contributed by atoms with E-state index in [0.29, 0.717) is 23.5 Å². The summed E-state index contributed by atoms with van der Waals surface area (Å²) in [4.78, 5) is 40.0. The molecule has 0 saturated carbocycles. The fourth-order valence-corrected chi connectivity index (χ4v) is 6.47. The number of methoxy groups -OCH3 is 2. The maximum Gasteiger partial charge on any atom is 0.330 e. The largest absolute Gasteiger partial charge is 0.497 e. The van der Waals surface area contributed by atoms with E-state index in [9.17, 15) is 14.4 Å². The molecule has 49 heavy (non-hydrogen) atoms. The molecule has 1 fully saturated rings. The van der Waals surface area contributed by atoms with Gasteiger partial charge >= 0.3 is 11.7 Å². The van der Waals surface area contributed by atoms with Crippen molar-refractivity contribution >= 4 is 21.9 Å². The highest BCUT2D eigenvalue weighted by atomic mass is 79.9. The van der Waals surface area contributed by atoms with Crippen LogP contribution >= 0.6 is 15.9 Å². The van der Waals surface area contributed by atoms with Crippen LogP contribution in [0.25, 0.3) is 0 Å². The average Bonchev–Trinajstić information content (AvgIpc) is 3.52. The van der Waals surface area contributed by atoms with Crippen LogP contribution in [0.4, 0.5) is 0 Å². The highest BCUT2D eigenvalue weighted by Crippen LogP contribution is 2.45. The van der Waals surface area contributed by atoms with E-state index in [1.54, 1.807) is 21.1 Å². The van der Waals surface area contributed by atoms with Gasteiger partial charge in [-0.1, -0.05) is 82.7 Å². The zero-order chi connectivity index (χ0) is 35.0. The topological polar surface area (TPSA) is 118 Å². The quantitative estimate of drug-likeness (QED) is 0.0706. The summed E-state index contributed by atoms with van der Waals surface area (Å²) in [5.74, 6) is 0.888. The van der Waals surface area contributed by atoms with Crippen LogP contribution in [0.1, 0.15) is 54.7 Å². The lowest BCUT2D eigenvalue weighted by Crippen LogP contribution is -2.45. The Kier molecular flexibility index (Phi) is 11.9. The van der Waals surface area contributed by atoms with Gasteiger partial charge in [0, 0.05) is 30.4 Å². The van der Waals surface area contributed by atoms with Crippen LogP contribution in [0.2, 0.25) is 0 Å². The number of nitrogens with one attached hydrogen (secondary N) is 1. The van der Waals surface area contributed by atoms with Crippen LogP contribution in [-0.2, 0) is 24.6 Å². The standard InChI is InChI=1S/C38H41BrN2O8/c1-25-24-41(37(44)40-36(25)43)34-23-33(47-26(2)42)35(48-34)32(13-9-6-10-22-39)49-38(27-11-7-5-8-12-27,28-14-18-30(45-3)19-15-28)29-16-20-31(46-4)21-17-29/h5-9,11-12,14-21,24,32-35H,10,13,22-23H2,1-4H3,(H,40,43,44)/b9-6-/t32-,33-,34+,35+/m0/s1. The van der Waals surface area contributed by atoms with Crippen molar-refractivity contribution in [2.75, 3.05) is 19.5 Å². The first kappa shape index (κ1) is 35.8. The van der Waals surface area contributed by atoms with Gasteiger partial charge < -0.3 is 23.7 Å². The van der Waals surface area contributed by atoms with Gasteiger partial charge in [0.15, 0.2) is 0 Å². The first-order valence-corrected chi connectivity index (χ1v) is 17.2. The summed E-state index contributed by atoms with van der Waals surface area (Å²) >= 11 is 3.49. The number of aromatic nitrogens is 2. The SMILES string of the molecule is COc1ccc(C(O[C@@H](C/C=C\CCBr)[C@H]2O[C@@H](n3cc(C)c(=O)[nH]c3=O)C[C@@H]2OC(C)=O)(c2ccccc2)c2ccc(OC)cc2)cc1. The second-order valence-corrected chi connectivity index (χ2v) is 12.6. The van der Waals surface area contributed by atoms with Crippen LogP contribution in [-0.4, -0.2) is 53.4 Å². The van der Waals surface area contributed by atoms with Crippen LogP contribution in [0, 0.1) is 6.92 Å². The summed E-state index contributed by atoms with van der Waals surface area (Å²) in [6.07, 6.45) is 3.80. The van der Waals surface area contributed by atoms with Gasteiger partial charge in [-0.2, -0.15) is 0 Å². The number of hydrogen-bond acceptors (Lipinski definition) is 8. The molecule has 2 heterocycles. The zero-order valence-electron chi connectivity index (χ0n) is 28.0. The van der Waals surface area contributed by atoms with Gasteiger partial charge in [0.25, 0.3) is 5.56 Å². The molecule has 0 spiro atoms. The highest BCUT2D eigenvalue weighted by molar-refractivity contribution is 9.09. The molecule has 0 aliphatic carbocycles. The predicted molar refractivity (Wildman–Crippen MR) is 189 cm³/mol. The van der Waals surface area contributed by atoms with E-state index in [-0.39, 0.29) is 6.42 Å². The molecule has 4 atom stereocenters. The summed E-state index contributed by atoms with van der Waals surface area (Å²) in [5.41, 5.74) is 0.565. The molecule has 1 aliphatic rings. The minimum Gasteiger partial charge on any atom is -0.497 e. The lowest BCUT2D eigenvalue weighted by atomic mass is 9.79. The van der Waals surface area contributed by atoms with Gasteiger partial charge in [-0.3, -0.25) is 19.1 Å². The molecule has 258 valence electrons. The molecule has 11 heteroatoms. The average molecular weight is 734 g/mol. The Hall–Kier alpha value is -4.45. The number of aryl methyl sites for hydroxylation is 1. The molecular weight excluding hydrogens is 692 g/mol. The van der Waals surface area contributed by atoms with Crippen molar-refractivity contribution in [2.45, 2.75) is 63.3 Å². The predicted octanol–water partition coefficient (Wildman–Crippen LogP) is 6.19. The summed E-state index contributed by atoms with van der Waals surface area (Å²) in [6.45, 7) is 2.96. The molecule has 3 aromatic carbocycles. The Morgan fingerprint density at radius 3 is 2.10 bits per heavy atom. The van der Waals surface area contributed by atoms with Crippen molar-refractivity contribution in [3.8, 4) is 11.5 Å². The number of allylic oxidation sites excluding steroid dienone is 1. The molecule has 0 unspecified atom stereocenters. The number of alkyl halides is 1. The number of carbonyl (C=O) groups excluding carboxylic acids is 1. The number of rotatable bonds is 14. The monoisotopic (exact) mass is 732 g/mol. The third-order valence-corrected chi connectivity index (χ3v) is 9.02. The molecule has 0 amide bonds. The van der Waals surface area contributed by atoms with E-state index in [4.69, 9.17) is 23.7 Å². The molecule has 1 aromatic heterocycles. The smallest absolute Gasteiger partial charge is 0.330 e. The number of nitrogens with zero attached hydrogens (tertiary/aromatic N) is 1. The maximum atomic E-state index is 13.0. The summed E-state index contributed by atoms with van der Waals surface area (Å²) < 4.78 is 32.3. The maximum absolute atomic E-state index is 13.0. The number of carbonyl (C=O) groups is 1. The molecular formula is C38H41BrN2O8. The van der Waals surface area contributed by atoms with Crippen LogP contribution in [0.15, 0.2) is 107 Å². The number of esters is 1. The number of benzene rings is 3. The number of H-pyrrole nitrogens is 1. The Morgan fingerprint density at radius 2 is 1.55 bits per heavy atom. The number of aromatic amines is 1. The second-order valence-electron chi connectivity index (χ2n) is 11.8. The Labute approximate surface area is 293 Å². The third kappa shape index (κ3) is 8.07. The van der Waals surface area contributed by atoms with Crippen molar-refractivity contribution in [1.82, 2.24) is 9.55 Å². The van der Waals surface area contributed by atoms with Crippen molar-refractivity contribution in [3.63, 3.8) is 0 Å². The normalized spacial score (nSPS) is 18.3. The van der Waals surface area contributed by atoms with Gasteiger partial charge in [-0.05, 0) is 60.7 Å². The first-order valence-electron chi connectivity index (χ1n) is 16.1. The van der Waals surface area contributed by atoms with Crippen molar-refractivity contribution in [3.05, 3.63) is 140 Å². The highest BCUT2D eigenvalue weighted by Gasteiger charge is 2.48. The summed E-state index contributed by atoms with van der Waals surface area (Å²) in [6, 6.07) is 25.3. The molecule has 1 N–H and O–H groups in total. The minimum absolute atomic E-state index is 0.171. The number of hydrogen-bond donors (Lipinski definition) is 1. The fourth-order valence-electron chi connectivity index (χ4n) is 6.21. The third-order valence-electron chi connectivity index (χ3n) is 8.57. The van der Waals surface area contributed by atoms with E-state index in [0.717, 1.165) is 28.4 Å². The minimum atomic E-state index is -1.19. The van der Waals surface area contributed by atoms with Crippen molar-refractivity contribution in [2.24, 2.45) is 0 Å². The van der Waals surface area contributed by atoms with Gasteiger partial charge in [0.2, 0.25) is 0 Å². The number of ether oxygens (including phenoxy) is 5. The van der Waals surface area contributed by atoms with E-state index < -0.39 is 47.4 Å². The first-order chi connectivity index (χ1) is 23.7. The van der Waals surface area contributed by atoms with Crippen LogP contribution < -0.4 is 20.7 Å². The van der Waals surface area contributed by atoms with E-state index in [1.165, 1.54) is 17.7 Å². The van der Waals surface area contributed by atoms with Crippen LogP contribution in [0.3, 0.4) is 0 Å². The van der Waals surface area contributed by atoms with E-state index >= 15 is 0 Å². The Balaban J connectivity index is 1.70. The van der Waals surface area contributed by atoms with E-state index in [2.05, 4.69) is 27.0 Å². The zero-order valence-corrected chi connectivity index (χ0v) is 29.6. The molecule has 0 bridgehead atoms. The number of halogens is 1. The summed E-state index contributed by atoms with van der Waals surface area (Å²) in [7, 11) is 3.24. The Bertz CT molecular complexity index is 1790. The molecule has 0 radical (unpaired) electrons. The molecule has 5 rings (SSSR count). The molecule has 1 aliphatic heterocycles. The van der Waals surface area contributed by atoms with E-state index in [1.807, 2.05) is 84.9 Å². The molecule has 4 aromatic rings. The van der Waals surface area contributed by atoms with Crippen molar-refractivity contribution < 1.29 is 28.5 Å². The molecule has 10 nitrogen and oxygen atoms in total. The van der Waals surface area contributed by atoms with Crippen molar-refractivity contribution in [1.29, 1.82) is 0 Å². The lowest BCUT2D eigenvalue weighted by molar-refractivity contribution is -0.165. The Morgan fingerprint density at radius 1 is 0.959 bits per heavy atom. The van der Waals surface area contributed by atoms with Gasteiger partial charge in [-0.25, -0.2) is 4.79 Å². The lowest BCUT2D eigenvalue weighted by Gasteiger charge is -2.41.